The van der Waals surface area contributed by atoms with Crippen LogP contribution >= 0.6 is 12.2 Å². The smallest absolute Gasteiger partial charge is 0.307 e. The molecular formula is C15H17N3O3S. The summed E-state index contributed by atoms with van der Waals surface area (Å²) in [5.74, 6) is -2.65. The van der Waals surface area contributed by atoms with Crippen molar-refractivity contribution in [1.29, 1.82) is 0 Å². The second-order valence-corrected chi connectivity index (χ2v) is 5.34. The van der Waals surface area contributed by atoms with E-state index in [-0.39, 0.29) is 11.0 Å². The number of benzene rings is 1. The molecule has 6 nitrogen and oxygen atoms in total. The van der Waals surface area contributed by atoms with Crippen LogP contribution in [-0.2, 0) is 9.59 Å². The predicted octanol–water partition coefficient (Wildman–Crippen LogP) is 1.67. The lowest BCUT2D eigenvalue weighted by Gasteiger charge is -2.24. The molecule has 2 rings (SSSR count). The van der Waals surface area contributed by atoms with Crippen molar-refractivity contribution < 1.29 is 14.7 Å². The van der Waals surface area contributed by atoms with E-state index in [1.54, 1.807) is 6.08 Å². The summed E-state index contributed by atoms with van der Waals surface area (Å²) in [6.07, 6.45) is 4.38. The highest BCUT2D eigenvalue weighted by molar-refractivity contribution is 7.80. The number of anilines is 1. The van der Waals surface area contributed by atoms with Crippen LogP contribution in [0.25, 0.3) is 0 Å². The van der Waals surface area contributed by atoms with E-state index >= 15 is 0 Å². The highest BCUT2D eigenvalue weighted by Gasteiger charge is 2.33. The Hall–Kier alpha value is -2.41. The van der Waals surface area contributed by atoms with E-state index in [0.29, 0.717) is 12.8 Å². The number of hydrazine groups is 1. The van der Waals surface area contributed by atoms with Crippen LogP contribution in [0.5, 0.6) is 0 Å². The van der Waals surface area contributed by atoms with Crippen LogP contribution in [-0.4, -0.2) is 22.1 Å². The average Bonchev–Trinajstić information content (AvgIpc) is 2.53. The van der Waals surface area contributed by atoms with Crippen molar-refractivity contribution in [3.8, 4) is 0 Å². The lowest BCUT2D eigenvalue weighted by molar-refractivity contribution is -0.147. The number of nitrogens with one attached hydrogen (secondary N) is 3. The highest BCUT2D eigenvalue weighted by Crippen LogP contribution is 2.25. The van der Waals surface area contributed by atoms with E-state index in [1.807, 2.05) is 36.4 Å². The quantitative estimate of drug-likeness (QED) is 0.385. The standard InChI is InChI=1S/C15H17N3O3S/c19-13(11-8-4-5-9-12(11)14(20)21)17-18-15(22)16-10-6-2-1-3-7-10/h1-7,11-12H,8-9H2,(H,17,19)(H,20,21)(H2,16,18,22). The number of carbonyl (C=O) groups is 2. The molecule has 0 saturated carbocycles. The topological polar surface area (TPSA) is 90.5 Å². The van der Waals surface area contributed by atoms with Gasteiger partial charge in [0, 0.05) is 5.69 Å². The molecule has 116 valence electrons. The lowest BCUT2D eigenvalue weighted by atomic mass is 9.82. The number of hydrogen-bond donors (Lipinski definition) is 4. The van der Waals surface area contributed by atoms with Gasteiger partial charge in [0.25, 0.3) is 0 Å². The maximum atomic E-state index is 12.1. The van der Waals surface area contributed by atoms with Crippen LogP contribution in [0.3, 0.4) is 0 Å². The zero-order valence-corrected chi connectivity index (χ0v) is 12.6. The fraction of sp³-hybridized carbons (Fsp3) is 0.267. The van der Waals surface area contributed by atoms with Gasteiger partial charge >= 0.3 is 5.97 Å². The molecule has 2 unspecified atom stereocenters. The lowest BCUT2D eigenvalue weighted by Crippen LogP contribution is -2.48. The van der Waals surface area contributed by atoms with Crippen LogP contribution in [0.4, 0.5) is 5.69 Å². The first-order valence-electron chi connectivity index (χ1n) is 6.87. The average molecular weight is 319 g/mol. The number of allylic oxidation sites excluding steroid dienone is 2. The molecule has 0 bridgehead atoms. The van der Waals surface area contributed by atoms with Gasteiger partial charge in [0.1, 0.15) is 0 Å². The largest absolute Gasteiger partial charge is 0.481 e. The summed E-state index contributed by atoms with van der Waals surface area (Å²) < 4.78 is 0. The number of aliphatic carboxylic acids is 1. The molecule has 7 heteroatoms. The van der Waals surface area contributed by atoms with Crippen molar-refractivity contribution in [3.63, 3.8) is 0 Å². The Morgan fingerprint density at radius 3 is 2.32 bits per heavy atom. The molecule has 1 aliphatic carbocycles. The van der Waals surface area contributed by atoms with Gasteiger partial charge in [0.2, 0.25) is 5.91 Å². The first-order valence-corrected chi connectivity index (χ1v) is 7.28. The van der Waals surface area contributed by atoms with Crippen LogP contribution in [0.2, 0.25) is 0 Å². The van der Waals surface area contributed by atoms with E-state index in [2.05, 4.69) is 16.2 Å². The van der Waals surface area contributed by atoms with Crippen LogP contribution in [0.1, 0.15) is 12.8 Å². The fourth-order valence-corrected chi connectivity index (χ4v) is 2.44. The summed E-state index contributed by atoms with van der Waals surface area (Å²) in [6, 6.07) is 9.27. The monoisotopic (exact) mass is 319 g/mol. The Bertz CT molecular complexity index is 589. The van der Waals surface area contributed by atoms with Crippen molar-refractivity contribution >= 4 is 34.9 Å². The van der Waals surface area contributed by atoms with Crippen LogP contribution in [0, 0.1) is 11.8 Å². The molecule has 4 N–H and O–H groups in total. The van der Waals surface area contributed by atoms with E-state index in [9.17, 15) is 9.59 Å². The minimum Gasteiger partial charge on any atom is -0.481 e. The highest BCUT2D eigenvalue weighted by atomic mass is 32.1. The van der Waals surface area contributed by atoms with Gasteiger partial charge in [-0.3, -0.25) is 20.4 Å². The molecule has 0 radical (unpaired) electrons. The van der Waals surface area contributed by atoms with E-state index < -0.39 is 17.8 Å². The van der Waals surface area contributed by atoms with Crippen molar-refractivity contribution in [2.75, 3.05) is 5.32 Å². The predicted molar refractivity (Wildman–Crippen MR) is 86.9 cm³/mol. The molecule has 0 spiro atoms. The van der Waals surface area contributed by atoms with Crippen molar-refractivity contribution in [3.05, 3.63) is 42.5 Å². The number of carboxylic acids is 1. The molecule has 1 aromatic carbocycles. The zero-order valence-electron chi connectivity index (χ0n) is 11.8. The third kappa shape index (κ3) is 4.29. The Morgan fingerprint density at radius 1 is 1.05 bits per heavy atom. The molecule has 0 saturated heterocycles. The van der Waals surface area contributed by atoms with E-state index in [1.165, 1.54) is 0 Å². The van der Waals surface area contributed by atoms with Crippen molar-refractivity contribution in [2.24, 2.45) is 11.8 Å². The van der Waals surface area contributed by atoms with Gasteiger partial charge < -0.3 is 10.4 Å². The first-order chi connectivity index (χ1) is 10.6. The fourth-order valence-electron chi connectivity index (χ4n) is 2.27. The summed E-state index contributed by atoms with van der Waals surface area (Å²) >= 11 is 5.07. The van der Waals surface area contributed by atoms with Gasteiger partial charge in [0.05, 0.1) is 11.8 Å². The van der Waals surface area contributed by atoms with Gasteiger partial charge in [-0.2, -0.15) is 0 Å². The number of thiocarbonyl (C=S) groups is 1. The van der Waals surface area contributed by atoms with Crippen molar-refractivity contribution in [2.45, 2.75) is 12.8 Å². The third-order valence-electron chi connectivity index (χ3n) is 3.42. The van der Waals surface area contributed by atoms with E-state index in [0.717, 1.165) is 5.69 Å². The van der Waals surface area contributed by atoms with Crippen molar-refractivity contribution in [1.82, 2.24) is 10.9 Å². The molecule has 2 atom stereocenters. The van der Waals surface area contributed by atoms with Gasteiger partial charge in [-0.15, -0.1) is 0 Å². The number of rotatable bonds is 3. The van der Waals surface area contributed by atoms with Gasteiger partial charge in [-0.1, -0.05) is 30.4 Å². The number of hydrogen-bond acceptors (Lipinski definition) is 3. The minimum atomic E-state index is -0.963. The van der Waals surface area contributed by atoms with Gasteiger partial charge in [-0.05, 0) is 37.2 Å². The Labute approximate surface area is 133 Å². The number of para-hydroxylation sites is 1. The molecular weight excluding hydrogens is 302 g/mol. The normalized spacial score (nSPS) is 20.0. The number of carbonyl (C=O) groups excluding carboxylic acids is 1. The second kappa shape index (κ2) is 7.56. The maximum Gasteiger partial charge on any atom is 0.307 e. The Kier molecular flexibility index (Phi) is 5.48. The third-order valence-corrected chi connectivity index (χ3v) is 3.62. The first kappa shape index (κ1) is 16.0. The Morgan fingerprint density at radius 2 is 1.68 bits per heavy atom. The molecule has 0 fully saturated rings. The summed E-state index contributed by atoms with van der Waals surface area (Å²) in [5.41, 5.74) is 5.85. The second-order valence-electron chi connectivity index (χ2n) is 4.93. The van der Waals surface area contributed by atoms with E-state index in [4.69, 9.17) is 17.3 Å². The summed E-state index contributed by atoms with van der Waals surface area (Å²) in [6.45, 7) is 0. The molecule has 1 aromatic rings. The molecule has 0 heterocycles. The molecule has 0 aromatic heterocycles. The number of carboxylic acid groups (broad SMARTS) is 1. The zero-order chi connectivity index (χ0) is 15.9. The van der Waals surface area contributed by atoms with Crippen LogP contribution in [0.15, 0.2) is 42.5 Å². The molecule has 0 aliphatic heterocycles. The Balaban J connectivity index is 1.85. The van der Waals surface area contributed by atoms with Gasteiger partial charge in [0.15, 0.2) is 5.11 Å². The van der Waals surface area contributed by atoms with Gasteiger partial charge in [-0.25, -0.2) is 0 Å². The number of amides is 1. The summed E-state index contributed by atoms with van der Waals surface area (Å²) in [5, 5.41) is 12.3. The maximum absolute atomic E-state index is 12.1. The molecule has 1 aliphatic rings. The molecule has 1 amide bonds. The summed E-state index contributed by atoms with van der Waals surface area (Å²) in [4.78, 5) is 23.3. The minimum absolute atomic E-state index is 0.234. The molecule has 22 heavy (non-hydrogen) atoms. The van der Waals surface area contributed by atoms with Crippen LogP contribution < -0.4 is 16.2 Å². The SMILES string of the molecule is O=C(O)C1CC=CCC1C(=O)NNC(=S)Nc1ccccc1. The summed E-state index contributed by atoms with van der Waals surface area (Å²) in [7, 11) is 0.